The van der Waals surface area contributed by atoms with E-state index >= 15 is 0 Å². The van der Waals surface area contributed by atoms with Gasteiger partial charge in [0.2, 0.25) is 0 Å². The van der Waals surface area contributed by atoms with Crippen molar-refractivity contribution in [3.05, 3.63) is 11.6 Å². The topological polar surface area (TPSA) is 37.3 Å². The molecule has 0 radical (unpaired) electrons. The summed E-state index contributed by atoms with van der Waals surface area (Å²) in [6, 6.07) is 0. The Labute approximate surface area is 80.7 Å². The summed E-state index contributed by atoms with van der Waals surface area (Å²) in [5.74, 6) is -0.746. The molecule has 0 saturated heterocycles. The fourth-order valence-electron chi connectivity index (χ4n) is 1.14. The Balaban J connectivity index is 3.92. The highest BCUT2D eigenvalue weighted by Gasteiger charge is 2.04. The van der Waals surface area contributed by atoms with Gasteiger partial charge in [-0.05, 0) is 19.3 Å². The molecule has 0 atom stereocenters. The Bertz CT molecular complexity index is 171. The van der Waals surface area contributed by atoms with Crippen LogP contribution in [0.3, 0.4) is 0 Å². The van der Waals surface area contributed by atoms with Crippen LogP contribution >= 0.6 is 0 Å². The molecule has 0 aliphatic rings. The molecule has 1 N–H and O–H groups in total. The molecule has 0 bridgehead atoms. The highest BCUT2D eigenvalue weighted by Crippen LogP contribution is 2.09. The van der Waals surface area contributed by atoms with Crippen molar-refractivity contribution >= 4 is 5.97 Å². The first-order valence-electron chi connectivity index (χ1n) is 5.14. The first-order chi connectivity index (χ1) is 6.22. The van der Waals surface area contributed by atoms with Gasteiger partial charge in [-0.3, -0.25) is 0 Å². The van der Waals surface area contributed by atoms with Gasteiger partial charge < -0.3 is 5.11 Å². The third kappa shape index (κ3) is 6.38. The summed E-state index contributed by atoms with van der Waals surface area (Å²) in [6.07, 6.45) is 7.74. The lowest BCUT2D eigenvalue weighted by atomic mass is 10.1. The number of unbranched alkanes of at least 4 members (excludes halogenated alkanes) is 3. The molecule has 0 aromatic heterocycles. The SMILES string of the molecule is CCCC/C=C(/CCCC)C(=O)O. The fourth-order valence-corrected chi connectivity index (χ4v) is 1.14. The van der Waals surface area contributed by atoms with E-state index in [2.05, 4.69) is 13.8 Å². The molecule has 2 nitrogen and oxygen atoms in total. The molecule has 13 heavy (non-hydrogen) atoms. The number of hydrogen-bond acceptors (Lipinski definition) is 1. The average molecular weight is 184 g/mol. The third-order valence-electron chi connectivity index (χ3n) is 2.02. The highest BCUT2D eigenvalue weighted by molar-refractivity contribution is 5.86. The maximum atomic E-state index is 10.7. The quantitative estimate of drug-likeness (QED) is 0.486. The van der Waals surface area contributed by atoms with Crippen LogP contribution in [0.4, 0.5) is 0 Å². The zero-order valence-electron chi connectivity index (χ0n) is 8.68. The minimum atomic E-state index is -0.746. The second-order valence-corrected chi connectivity index (χ2v) is 3.28. The van der Waals surface area contributed by atoms with Crippen molar-refractivity contribution in [3.63, 3.8) is 0 Å². The van der Waals surface area contributed by atoms with E-state index in [0.717, 1.165) is 38.5 Å². The Morgan fingerprint density at radius 1 is 1.23 bits per heavy atom. The van der Waals surface area contributed by atoms with Crippen molar-refractivity contribution in [2.24, 2.45) is 0 Å². The number of rotatable bonds is 7. The van der Waals surface area contributed by atoms with Gasteiger partial charge in [-0.15, -0.1) is 0 Å². The van der Waals surface area contributed by atoms with Gasteiger partial charge in [0.1, 0.15) is 0 Å². The van der Waals surface area contributed by atoms with Crippen LogP contribution in [0.1, 0.15) is 52.4 Å². The maximum absolute atomic E-state index is 10.7. The molecule has 0 aliphatic heterocycles. The van der Waals surface area contributed by atoms with E-state index in [1.165, 1.54) is 0 Å². The van der Waals surface area contributed by atoms with Crippen LogP contribution in [-0.2, 0) is 4.79 Å². The van der Waals surface area contributed by atoms with Crippen LogP contribution in [0.25, 0.3) is 0 Å². The second-order valence-electron chi connectivity index (χ2n) is 3.28. The summed E-state index contributed by atoms with van der Waals surface area (Å²) >= 11 is 0. The molecule has 0 spiro atoms. The Kier molecular flexibility index (Phi) is 7.36. The molecule has 0 amide bonds. The van der Waals surface area contributed by atoms with Crippen LogP contribution in [0.15, 0.2) is 11.6 Å². The summed E-state index contributed by atoms with van der Waals surface area (Å²) in [7, 11) is 0. The van der Waals surface area contributed by atoms with E-state index in [-0.39, 0.29) is 0 Å². The number of carboxylic acids is 1. The minimum Gasteiger partial charge on any atom is -0.478 e. The van der Waals surface area contributed by atoms with E-state index in [9.17, 15) is 4.79 Å². The number of aliphatic carboxylic acids is 1. The number of carboxylic acid groups (broad SMARTS) is 1. The lowest BCUT2D eigenvalue weighted by Crippen LogP contribution is -2.00. The molecule has 76 valence electrons. The Hall–Kier alpha value is -0.790. The zero-order chi connectivity index (χ0) is 10.1. The predicted octanol–water partition coefficient (Wildman–Crippen LogP) is 3.38. The predicted molar refractivity (Wildman–Crippen MR) is 54.8 cm³/mol. The smallest absolute Gasteiger partial charge is 0.331 e. The molecule has 2 heteroatoms. The second kappa shape index (κ2) is 7.84. The van der Waals surface area contributed by atoms with E-state index < -0.39 is 5.97 Å². The monoisotopic (exact) mass is 184 g/mol. The molecular weight excluding hydrogens is 164 g/mol. The molecule has 0 rings (SSSR count). The van der Waals surface area contributed by atoms with Gasteiger partial charge in [-0.1, -0.05) is 39.2 Å². The van der Waals surface area contributed by atoms with Gasteiger partial charge >= 0.3 is 5.97 Å². The van der Waals surface area contributed by atoms with Crippen LogP contribution in [0, 0.1) is 0 Å². The fraction of sp³-hybridized carbons (Fsp3) is 0.727. The Morgan fingerprint density at radius 2 is 1.85 bits per heavy atom. The standard InChI is InChI=1S/C11H20O2/c1-3-5-7-9-10(11(12)13)8-6-4-2/h9H,3-8H2,1-2H3,(H,12,13)/b10-9-. The largest absolute Gasteiger partial charge is 0.478 e. The van der Waals surface area contributed by atoms with Crippen LogP contribution in [0.2, 0.25) is 0 Å². The van der Waals surface area contributed by atoms with Gasteiger partial charge in [0, 0.05) is 5.57 Å². The molecule has 0 aliphatic carbocycles. The number of hydrogen-bond donors (Lipinski definition) is 1. The molecule has 0 fully saturated rings. The van der Waals surface area contributed by atoms with Gasteiger partial charge in [0.05, 0.1) is 0 Å². The van der Waals surface area contributed by atoms with Crippen molar-refractivity contribution in [2.75, 3.05) is 0 Å². The lowest BCUT2D eigenvalue weighted by Gasteiger charge is -2.00. The average Bonchev–Trinajstić information content (AvgIpc) is 2.10. The molecule has 0 aromatic rings. The van der Waals surface area contributed by atoms with Crippen molar-refractivity contribution < 1.29 is 9.90 Å². The first-order valence-corrected chi connectivity index (χ1v) is 5.14. The van der Waals surface area contributed by atoms with Crippen molar-refractivity contribution in [2.45, 2.75) is 52.4 Å². The number of carbonyl (C=O) groups is 1. The third-order valence-corrected chi connectivity index (χ3v) is 2.02. The van der Waals surface area contributed by atoms with Crippen LogP contribution in [0.5, 0.6) is 0 Å². The Morgan fingerprint density at radius 3 is 2.31 bits per heavy atom. The molecular formula is C11H20O2. The molecule has 0 saturated carbocycles. The van der Waals surface area contributed by atoms with E-state index in [1.807, 2.05) is 6.08 Å². The normalized spacial score (nSPS) is 11.7. The van der Waals surface area contributed by atoms with E-state index in [4.69, 9.17) is 5.11 Å². The highest BCUT2D eigenvalue weighted by atomic mass is 16.4. The summed E-state index contributed by atoms with van der Waals surface area (Å²) < 4.78 is 0. The van der Waals surface area contributed by atoms with Gasteiger partial charge in [-0.25, -0.2) is 4.79 Å². The molecule has 0 unspecified atom stereocenters. The van der Waals surface area contributed by atoms with Gasteiger partial charge in [-0.2, -0.15) is 0 Å². The number of allylic oxidation sites excluding steroid dienone is 1. The van der Waals surface area contributed by atoms with Crippen molar-refractivity contribution in [1.29, 1.82) is 0 Å². The summed E-state index contributed by atoms with van der Waals surface area (Å²) in [6.45, 7) is 4.19. The summed E-state index contributed by atoms with van der Waals surface area (Å²) in [5, 5.41) is 8.83. The van der Waals surface area contributed by atoms with E-state index in [0.29, 0.717) is 5.57 Å². The van der Waals surface area contributed by atoms with Crippen LogP contribution < -0.4 is 0 Å². The van der Waals surface area contributed by atoms with Gasteiger partial charge in [0.25, 0.3) is 0 Å². The van der Waals surface area contributed by atoms with Crippen molar-refractivity contribution in [1.82, 2.24) is 0 Å². The van der Waals surface area contributed by atoms with E-state index in [1.54, 1.807) is 0 Å². The van der Waals surface area contributed by atoms with Crippen molar-refractivity contribution in [3.8, 4) is 0 Å². The first kappa shape index (κ1) is 12.2. The zero-order valence-corrected chi connectivity index (χ0v) is 8.68. The van der Waals surface area contributed by atoms with Gasteiger partial charge in [0.15, 0.2) is 0 Å². The molecule has 0 aromatic carbocycles. The summed E-state index contributed by atoms with van der Waals surface area (Å²) in [4.78, 5) is 10.7. The minimum absolute atomic E-state index is 0.593. The summed E-state index contributed by atoms with van der Waals surface area (Å²) in [5.41, 5.74) is 0.593. The lowest BCUT2D eigenvalue weighted by molar-refractivity contribution is -0.132. The molecule has 0 heterocycles. The van der Waals surface area contributed by atoms with Crippen LogP contribution in [-0.4, -0.2) is 11.1 Å². The maximum Gasteiger partial charge on any atom is 0.331 e.